The third-order valence-electron chi connectivity index (χ3n) is 2.24. The van der Waals surface area contributed by atoms with Crippen LogP contribution in [0.1, 0.15) is 32.6 Å². The highest BCUT2D eigenvalue weighted by Crippen LogP contribution is 1.99. The highest BCUT2D eigenvalue weighted by molar-refractivity contribution is 5.89. The molecule has 0 heterocycles. The SMILES string of the molecule is CCCC(NC(=O)C(N)CCC(=O)O)C(N)=O.CO. The summed E-state index contributed by atoms with van der Waals surface area (Å²) >= 11 is 0. The molecule has 19 heavy (non-hydrogen) atoms. The van der Waals surface area contributed by atoms with E-state index >= 15 is 0 Å². The normalized spacial score (nSPS) is 12.6. The predicted octanol–water partition coefficient (Wildman–Crippen LogP) is -1.44. The molecule has 0 fully saturated rings. The van der Waals surface area contributed by atoms with Gasteiger partial charge in [0, 0.05) is 13.5 Å². The van der Waals surface area contributed by atoms with Gasteiger partial charge in [0.15, 0.2) is 0 Å². The van der Waals surface area contributed by atoms with Crippen molar-refractivity contribution in [2.75, 3.05) is 7.11 Å². The van der Waals surface area contributed by atoms with Gasteiger partial charge in [0.2, 0.25) is 11.8 Å². The summed E-state index contributed by atoms with van der Waals surface area (Å²) in [4.78, 5) is 32.8. The molecule has 0 radical (unpaired) electrons. The van der Waals surface area contributed by atoms with Crippen LogP contribution in [0.5, 0.6) is 0 Å². The number of aliphatic hydroxyl groups is 1. The minimum absolute atomic E-state index is 0.0266. The van der Waals surface area contributed by atoms with Gasteiger partial charge in [-0.1, -0.05) is 13.3 Å². The summed E-state index contributed by atoms with van der Waals surface area (Å²) in [5.74, 6) is -2.19. The summed E-state index contributed by atoms with van der Waals surface area (Å²) in [7, 11) is 1.00. The zero-order valence-corrected chi connectivity index (χ0v) is 11.3. The van der Waals surface area contributed by atoms with Gasteiger partial charge in [0.1, 0.15) is 6.04 Å². The molecule has 0 rings (SSSR count). The number of aliphatic carboxylic acids is 1. The van der Waals surface area contributed by atoms with E-state index in [9.17, 15) is 14.4 Å². The lowest BCUT2D eigenvalue weighted by atomic mass is 10.1. The van der Waals surface area contributed by atoms with E-state index in [4.69, 9.17) is 21.7 Å². The third-order valence-corrected chi connectivity index (χ3v) is 2.24. The number of carbonyl (C=O) groups is 3. The third kappa shape index (κ3) is 9.98. The lowest BCUT2D eigenvalue weighted by molar-refractivity contribution is -0.137. The molecule has 8 nitrogen and oxygen atoms in total. The zero-order valence-electron chi connectivity index (χ0n) is 11.3. The summed E-state index contributed by atoms with van der Waals surface area (Å²) in [6.07, 6.45) is 0.966. The molecule has 0 aromatic carbocycles. The van der Waals surface area contributed by atoms with E-state index in [0.29, 0.717) is 12.8 Å². The van der Waals surface area contributed by atoms with Crippen LogP contribution in [0, 0.1) is 0 Å². The number of hydrogen-bond donors (Lipinski definition) is 5. The zero-order chi connectivity index (χ0) is 15.4. The van der Waals surface area contributed by atoms with Gasteiger partial charge in [-0.15, -0.1) is 0 Å². The Morgan fingerprint density at radius 1 is 1.21 bits per heavy atom. The average molecular weight is 277 g/mol. The van der Waals surface area contributed by atoms with Crippen molar-refractivity contribution in [2.24, 2.45) is 11.5 Å². The first kappa shape index (κ1) is 19.7. The van der Waals surface area contributed by atoms with Gasteiger partial charge in [-0.25, -0.2) is 0 Å². The molecular weight excluding hydrogens is 254 g/mol. The summed E-state index contributed by atoms with van der Waals surface area (Å²) in [5, 5.41) is 17.8. The fraction of sp³-hybridized carbons (Fsp3) is 0.727. The van der Waals surface area contributed by atoms with E-state index in [1.165, 1.54) is 0 Å². The minimum atomic E-state index is -1.02. The molecule has 0 aromatic rings. The van der Waals surface area contributed by atoms with Crippen molar-refractivity contribution in [3.63, 3.8) is 0 Å². The van der Waals surface area contributed by atoms with Crippen molar-refractivity contribution in [3.05, 3.63) is 0 Å². The lowest BCUT2D eigenvalue weighted by Crippen LogP contribution is -2.50. The van der Waals surface area contributed by atoms with E-state index < -0.39 is 29.9 Å². The molecule has 112 valence electrons. The van der Waals surface area contributed by atoms with E-state index in [-0.39, 0.29) is 12.8 Å². The van der Waals surface area contributed by atoms with Gasteiger partial charge in [0.25, 0.3) is 0 Å². The summed E-state index contributed by atoms with van der Waals surface area (Å²) in [5.41, 5.74) is 10.6. The first-order chi connectivity index (χ1) is 8.88. The van der Waals surface area contributed by atoms with E-state index in [0.717, 1.165) is 7.11 Å². The largest absolute Gasteiger partial charge is 0.481 e. The molecule has 0 aliphatic rings. The van der Waals surface area contributed by atoms with Gasteiger partial charge in [-0.05, 0) is 12.8 Å². The number of aliphatic hydroxyl groups excluding tert-OH is 1. The van der Waals surface area contributed by atoms with Gasteiger partial charge < -0.3 is 27.0 Å². The Morgan fingerprint density at radius 3 is 2.11 bits per heavy atom. The van der Waals surface area contributed by atoms with Crippen LogP contribution in [-0.4, -0.2) is 47.2 Å². The molecule has 0 spiro atoms. The summed E-state index contributed by atoms with van der Waals surface area (Å²) in [6.45, 7) is 1.85. The number of amides is 2. The molecule has 7 N–H and O–H groups in total. The topological polar surface area (TPSA) is 156 Å². The Labute approximate surface area is 112 Å². The molecule has 0 aliphatic carbocycles. The van der Waals surface area contributed by atoms with Crippen LogP contribution in [0.2, 0.25) is 0 Å². The van der Waals surface area contributed by atoms with Gasteiger partial charge in [-0.2, -0.15) is 0 Å². The second kappa shape index (κ2) is 11.4. The maximum atomic E-state index is 11.5. The fourth-order valence-electron chi connectivity index (χ4n) is 1.26. The highest BCUT2D eigenvalue weighted by atomic mass is 16.4. The molecule has 0 bridgehead atoms. The molecule has 8 heteroatoms. The number of rotatable bonds is 8. The molecule has 2 atom stereocenters. The highest BCUT2D eigenvalue weighted by Gasteiger charge is 2.21. The monoisotopic (exact) mass is 277 g/mol. The Morgan fingerprint density at radius 2 is 1.74 bits per heavy atom. The van der Waals surface area contributed by atoms with Crippen molar-refractivity contribution in [1.82, 2.24) is 5.32 Å². The lowest BCUT2D eigenvalue weighted by Gasteiger charge is -2.17. The fourth-order valence-corrected chi connectivity index (χ4v) is 1.26. The smallest absolute Gasteiger partial charge is 0.303 e. The molecule has 0 saturated heterocycles. The molecule has 2 amide bonds. The summed E-state index contributed by atoms with van der Waals surface area (Å²) < 4.78 is 0. The molecule has 0 aromatic heterocycles. The molecule has 0 aliphatic heterocycles. The van der Waals surface area contributed by atoms with Crippen molar-refractivity contribution in [2.45, 2.75) is 44.7 Å². The molecule has 2 unspecified atom stereocenters. The van der Waals surface area contributed by atoms with Crippen molar-refractivity contribution in [3.8, 4) is 0 Å². The van der Waals surface area contributed by atoms with Crippen LogP contribution in [0.3, 0.4) is 0 Å². The van der Waals surface area contributed by atoms with Crippen LogP contribution in [0.15, 0.2) is 0 Å². The van der Waals surface area contributed by atoms with E-state index in [1.54, 1.807) is 0 Å². The molecular formula is C11H23N3O5. The second-order valence-electron chi connectivity index (χ2n) is 3.79. The average Bonchev–Trinajstić information content (AvgIpc) is 2.37. The Balaban J connectivity index is 0. The molecule has 0 saturated carbocycles. The van der Waals surface area contributed by atoms with Crippen LogP contribution in [0.25, 0.3) is 0 Å². The van der Waals surface area contributed by atoms with Gasteiger partial charge in [0.05, 0.1) is 6.04 Å². The van der Waals surface area contributed by atoms with Gasteiger partial charge in [-0.3, -0.25) is 14.4 Å². The van der Waals surface area contributed by atoms with Gasteiger partial charge >= 0.3 is 5.97 Å². The van der Waals surface area contributed by atoms with Crippen LogP contribution in [-0.2, 0) is 14.4 Å². The minimum Gasteiger partial charge on any atom is -0.481 e. The van der Waals surface area contributed by atoms with E-state index in [2.05, 4.69) is 5.32 Å². The van der Waals surface area contributed by atoms with Crippen LogP contribution >= 0.6 is 0 Å². The first-order valence-corrected chi connectivity index (χ1v) is 5.90. The number of primary amides is 1. The van der Waals surface area contributed by atoms with Crippen LogP contribution < -0.4 is 16.8 Å². The number of nitrogens with one attached hydrogen (secondary N) is 1. The van der Waals surface area contributed by atoms with Crippen LogP contribution in [0.4, 0.5) is 0 Å². The van der Waals surface area contributed by atoms with Crippen molar-refractivity contribution < 1.29 is 24.6 Å². The maximum absolute atomic E-state index is 11.5. The predicted molar refractivity (Wildman–Crippen MR) is 69.0 cm³/mol. The Hall–Kier alpha value is -1.67. The van der Waals surface area contributed by atoms with Crippen molar-refractivity contribution >= 4 is 17.8 Å². The standard InChI is InChI=1S/C10H19N3O4.CH4O/c1-2-3-7(9(12)16)13-10(17)6(11)4-5-8(14)15;1-2/h6-7H,2-5,11H2,1H3,(H2,12,16)(H,13,17)(H,14,15);2H,1H3. The quantitative estimate of drug-likeness (QED) is 0.365. The van der Waals surface area contributed by atoms with E-state index in [1.807, 2.05) is 6.92 Å². The maximum Gasteiger partial charge on any atom is 0.303 e. The summed E-state index contributed by atoms with van der Waals surface area (Å²) in [6, 6.07) is -1.69. The Bertz CT molecular complexity index is 296. The number of nitrogens with two attached hydrogens (primary N) is 2. The number of carboxylic acids is 1. The van der Waals surface area contributed by atoms with Crippen molar-refractivity contribution in [1.29, 1.82) is 0 Å². The first-order valence-electron chi connectivity index (χ1n) is 5.90. The number of hydrogen-bond acceptors (Lipinski definition) is 5. The Kier molecular flexibility index (Phi) is 11.8. The number of carboxylic acid groups (broad SMARTS) is 1. The second-order valence-corrected chi connectivity index (χ2v) is 3.79. The number of carbonyl (C=O) groups excluding carboxylic acids is 2.